The number of alkyl carbamates (subject to hydrolysis) is 1. The molecule has 32 heavy (non-hydrogen) atoms. The minimum Gasteiger partial charge on any atom is -0.444 e. The van der Waals surface area contributed by atoms with Crippen LogP contribution in [-0.4, -0.2) is 51.6 Å². The number of carbonyl (C=O) groups is 2. The van der Waals surface area contributed by atoms with Gasteiger partial charge in [-0.25, -0.2) is 9.18 Å². The van der Waals surface area contributed by atoms with E-state index in [1.54, 1.807) is 26.8 Å². The van der Waals surface area contributed by atoms with Crippen molar-refractivity contribution >= 4 is 12.0 Å². The quantitative estimate of drug-likeness (QED) is 0.640. The first-order chi connectivity index (χ1) is 14.6. The lowest BCUT2D eigenvalue weighted by atomic mass is 9.46. The normalized spacial score (nSPS) is 40.6. The predicted molar refractivity (Wildman–Crippen MR) is 115 cm³/mol. The fraction of sp³-hybridized carbons (Fsp3) is 0.875. The van der Waals surface area contributed by atoms with E-state index in [2.05, 4.69) is 5.32 Å². The minimum absolute atomic E-state index is 0.0798. The maximum absolute atomic E-state index is 15.6. The predicted octanol–water partition coefficient (Wildman–Crippen LogP) is 3.66. The second-order valence-corrected chi connectivity index (χ2v) is 12.8. The Morgan fingerprint density at radius 3 is 2.28 bits per heavy atom. The van der Waals surface area contributed by atoms with Crippen LogP contribution < -0.4 is 5.32 Å². The molecular weight excluding hydrogens is 413 g/mol. The van der Waals surface area contributed by atoms with Gasteiger partial charge in [0.25, 0.3) is 5.79 Å². The lowest BCUT2D eigenvalue weighted by Crippen LogP contribution is -2.67. The van der Waals surface area contributed by atoms with Crippen LogP contribution in [0.1, 0.15) is 79.6 Å². The molecule has 2 amide bonds. The summed E-state index contributed by atoms with van der Waals surface area (Å²) in [6.07, 6.45) is 3.40. The van der Waals surface area contributed by atoms with Gasteiger partial charge in [0.1, 0.15) is 17.7 Å². The molecule has 1 saturated heterocycles. The topological polar surface area (TPSA) is 103 Å². The average molecular weight is 450 g/mol. The van der Waals surface area contributed by atoms with Crippen LogP contribution >= 0.6 is 0 Å². The first kappa shape index (κ1) is 23.3. The van der Waals surface area contributed by atoms with Crippen molar-refractivity contribution in [3.05, 3.63) is 0 Å². The summed E-state index contributed by atoms with van der Waals surface area (Å²) in [7, 11) is 0. The zero-order valence-electron chi connectivity index (χ0n) is 19.8. The zero-order valence-corrected chi connectivity index (χ0v) is 19.8. The second-order valence-electron chi connectivity index (χ2n) is 12.8. The summed E-state index contributed by atoms with van der Waals surface area (Å²) in [6, 6.07) is 0.651. The van der Waals surface area contributed by atoms with Crippen LogP contribution in [-0.2, 0) is 9.53 Å². The lowest BCUT2D eigenvalue weighted by molar-refractivity contribution is -0.182. The van der Waals surface area contributed by atoms with Crippen molar-refractivity contribution in [1.82, 2.24) is 10.2 Å². The van der Waals surface area contributed by atoms with Crippen LogP contribution in [0.15, 0.2) is 0 Å². The molecule has 2 unspecified atom stereocenters. The highest BCUT2D eigenvalue weighted by Gasteiger charge is 2.63. The monoisotopic (exact) mass is 449 g/mol. The van der Waals surface area contributed by atoms with E-state index in [9.17, 15) is 20.0 Å². The number of aliphatic hydroxyl groups is 1. The van der Waals surface area contributed by atoms with Crippen LogP contribution in [0.25, 0.3) is 0 Å². The Bertz CT molecular complexity index is 846. The van der Waals surface area contributed by atoms with Crippen LogP contribution in [0.3, 0.4) is 0 Å². The SMILES string of the molecule is CC1(C)CN(C(=O)[C@@H](NC(=O)OC(C)(C)C)C23CC4CC(CC(O)(C4)C2)C3)[C@@](F)(C#N)C1. The molecule has 0 aromatic rings. The molecule has 5 fully saturated rings. The number of ether oxygens (including phenoxy) is 1. The first-order valence-corrected chi connectivity index (χ1v) is 11.7. The van der Waals surface area contributed by atoms with Crippen molar-refractivity contribution in [1.29, 1.82) is 5.26 Å². The number of nitrogens with zero attached hydrogens (tertiary/aromatic N) is 2. The van der Waals surface area contributed by atoms with Crippen LogP contribution in [0, 0.1) is 34.0 Å². The number of nitrogens with one attached hydrogen (secondary N) is 1. The molecule has 0 radical (unpaired) electrons. The van der Waals surface area contributed by atoms with Crippen molar-refractivity contribution < 1.29 is 23.8 Å². The standard InChI is InChI=1S/C24H36FN3O4/c1-20(2,3)32-19(30)27-17(18(29)28-14-21(4,5)11-24(28,25)13-26)22-7-15-6-16(8-22)10-23(31,9-15)12-22/h15-17,31H,6-12,14H2,1-5H3,(H,27,30)/t15?,16?,17-,22?,23?,24-/m1/s1. The Morgan fingerprint density at radius 1 is 1.19 bits per heavy atom. The number of nitriles is 1. The molecule has 178 valence electrons. The van der Waals surface area contributed by atoms with Crippen LogP contribution in [0.4, 0.5) is 9.18 Å². The van der Waals surface area contributed by atoms with Gasteiger partial charge >= 0.3 is 6.09 Å². The number of hydrogen-bond donors (Lipinski definition) is 2. The number of amides is 2. The molecule has 5 rings (SSSR count). The highest BCUT2D eigenvalue weighted by molar-refractivity contribution is 5.88. The van der Waals surface area contributed by atoms with Crippen LogP contribution in [0.5, 0.6) is 0 Å². The molecular formula is C24H36FN3O4. The Labute approximate surface area is 189 Å². The number of carbonyl (C=O) groups excluding carboxylic acids is 2. The van der Waals surface area contributed by atoms with Gasteiger partial charge in [0.2, 0.25) is 5.91 Å². The molecule has 0 aromatic heterocycles. The summed E-state index contributed by atoms with van der Waals surface area (Å²) in [4.78, 5) is 27.7. The van der Waals surface area contributed by atoms with E-state index in [0.29, 0.717) is 32.1 Å². The molecule has 8 heteroatoms. The third kappa shape index (κ3) is 4.09. The Kier molecular flexibility index (Phi) is 5.14. The summed E-state index contributed by atoms with van der Waals surface area (Å²) in [6.45, 7) is 8.97. The van der Waals surface area contributed by atoms with Crippen molar-refractivity contribution in [2.75, 3.05) is 6.54 Å². The van der Waals surface area contributed by atoms with E-state index < -0.39 is 45.9 Å². The van der Waals surface area contributed by atoms with Gasteiger partial charge in [0, 0.05) is 18.4 Å². The van der Waals surface area contributed by atoms with Gasteiger partial charge in [-0.1, -0.05) is 13.8 Å². The molecule has 4 saturated carbocycles. The third-order valence-corrected chi connectivity index (χ3v) is 7.76. The molecule has 1 heterocycles. The summed E-state index contributed by atoms with van der Waals surface area (Å²) in [5.41, 5.74) is -2.85. The highest BCUT2D eigenvalue weighted by atomic mass is 19.1. The Balaban J connectivity index is 1.70. The fourth-order valence-electron chi connectivity index (χ4n) is 7.37. The molecule has 5 aliphatic rings. The van der Waals surface area contributed by atoms with Crippen LogP contribution in [0.2, 0.25) is 0 Å². The van der Waals surface area contributed by atoms with Crippen molar-refractivity contribution in [2.45, 2.75) is 103 Å². The third-order valence-electron chi connectivity index (χ3n) is 7.76. The maximum Gasteiger partial charge on any atom is 0.408 e. The molecule has 7 nitrogen and oxygen atoms in total. The van der Waals surface area contributed by atoms with E-state index in [1.807, 2.05) is 13.8 Å². The maximum atomic E-state index is 15.6. The van der Waals surface area contributed by atoms with Gasteiger partial charge in [-0.2, -0.15) is 5.26 Å². The summed E-state index contributed by atoms with van der Waals surface area (Å²) in [5.74, 6) is -2.46. The molecule has 2 N–H and O–H groups in total. The summed E-state index contributed by atoms with van der Waals surface area (Å²) >= 11 is 0. The molecule has 0 spiro atoms. The van der Waals surface area contributed by atoms with Crippen molar-refractivity contribution in [3.8, 4) is 6.07 Å². The van der Waals surface area contributed by atoms with Crippen molar-refractivity contribution in [3.63, 3.8) is 0 Å². The van der Waals surface area contributed by atoms with Gasteiger partial charge < -0.3 is 15.2 Å². The number of alkyl halides is 1. The second kappa shape index (κ2) is 7.06. The lowest BCUT2D eigenvalue weighted by Gasteiger charge is -2.62. The first-order valence-electron chi connectivity index (χ1n) is 11.7. The smallest absolute Gasteiger partial charge is 0.408 e. The molecule has 0 aromatic carbocycles. The molecule has 4 atom stereocenters. The van der Waals surface area contributed by atoms with E-state index in [4.69, 9.17) is 4.74 Å². The minimum atomic E-state index is -2.42. The van der Waals surface area contributed by atoms with Gasteiger partial charge in [-0.15, -0.1) is 0 Å². The number of hydrogen-bond acceptors (Lipinski definition) is 5. The van der Waals surface area contributed by atoms with Gasteiger partial charge in [0.15, 0.2) is 0 Å². The Hall–Kier alpha value is -1.88. The van der Waals surface area contributed by atoms with E-state index >= 15 is 4.39 Å². The summed E-state index contributed by atoms with van der Waals surface area (Å²) in [5, 5.41) is 23.6. The fourth-order valence-corrected chi connectivity index (χ4v) is 7.37. The largest absolute Gasteiger partial charge is 0.444 e. The van der Waals surface area contributed by atoms with E-state index in [1.165, 1.54) is 0 Å². The molecule has 4 bridgehead atoms. The van der Waals surface area contributed by atoms with Gasteiger partial charge in [0.05, 0.1) is 5.60 Å². The van der Waals surface area contributed by atoms with Gasteiger partial charge in [-0.05, 0) is 76.5 Å². The zero-order chi connectivity index (χ0) is 23.7. The average Bonchev–Trinajstić information content (AvgIpc) is 2.85. The van der Waals surface area contributed by atoms with E-state index in [-0.39, 0.29) is 24.8 Å². The van der Waals surface area contributed by atoms with Crippen molar-refractivity contribution in [2.24, 2.45) is 22.7 Å². The van der Waals surface area contributed by atoms with Gasteiger partial charge in [-0.3, -0.25) is 9.69 Å². The number of likely N-dealkylation sites (tertiary alicyclic amines) is 1. The number of rotatable bonds is 3. The summed E-state index contributed by atoms with van der Waals surface area (Å²) < 4.78 is 21.1. The molecule has 4 aliphatic carbocycles. The number of halogens is 1. The Morgan fingerprint density at radius 2 is 1.78 bits per heavy atom. The highest BCUT2D eigenvalue weighted by Crippen LogP contribution is 2.63. The van der Waals surface area contributed by atoms with E-state index in [0.717, 1.165) is 11.3 Å². The molecule has 1 aliphatic heterocycles.